The van der Waals surface area contributed by atoms with Gasteiger partial charge in [0.05, 0.1) is 5.56 Å². The highest BCUT2D eigenvalue weighted by molar-refractivity contribution is 7.13. The monoisotopic (exact) mass is 268 g/mol. The first-order valence-electron chi connectivity index (χ1n) is 6.21. The zero-order chi connectivity index (χ0) is 12.8. The smallest absolute Gasteiger partial charge is 0.231 e. The van der Waals surface area contributed by atoms with E-state index in [2.05, 4.69) is 35.5 Å². The van der Waals surface area contributed by atoms with Crippen molar-refractivity contribution in [1.82, 2.24) is 5.16 Å². The minimum Gasteiger partial charge on any atom is -0.367 e. The van der Waals surface area contributed by atoms with Crippen LogP contribution in [0.1, 0.15) is 22.7 Å². The van der Waals surface area contributed by atoms with Gasteiger partial charge in [0.15, 0.2) is 0 Å². The average molecular weight is 268 g/mol. The molecule has 0 fully saturated rings. The molecule has 1 aromatic carbocycles. The van der Waals surface area contributed by atoms with Gasteiger partial charge in [-0.2, -0.15) is 0 Å². The van der Waals surface area contributed by atoms with Crippen LogP contribution in [0.4, 0.5) is 5.88 Å². The van der Waals surface area contributed by atoms with Crippen LogP contribution in [0.15, 0.2) is 46.3 Å². The van der Waals surface area contributed by atoms with Gasteiger partial charge in [-0.1, -0.05) is 35.5 Å². The van der Waals surface area contributed by atoms with Crippen molar-refractivity contribution in [3.63, 3.8) is 0 Å². The number of anilines is 1. The Morgan fingerprint density at radius 1 is 1.21 bits per heavy atom. The number of fused-ring (bicyclic) bond motifs is 1. The van der Waals surface area contributed by atoms with E-state index in [9.17, 15) is 0 Å². The van der Waals surface area contributed by atoms with Crippen LogP contribution >= 0.6 is 11.3 Å². The van der Waals surface area contributed by atoms with Crippen LogP contribution < -0.4 is 5.73 Å². The third-order valence-electron chi connectivity index (χ3n) is 3.70. The van der Waals surface area contributed by atoms with Crippen molar-refractivity contribution in [1.29, 1.82) is 0 Å². The van der Waals surface area contributed by atoms with E-state index in [-0.39, 0.29) is 0 Å². The predicted molar refractivity (Wildman–Crippen MR) is 76.2 cm³/mol. The fraction of sp³-hybridized carbons (Fsp3) is 0.133. The van der Waals surface area contributed by atoms with E-state index < -0.39 is 0 Å². The van der Waals surface area contributed by atoms with Crippen LogP contribution in [-0.2, 0) is 6.42 Å². The van der Waals surface area contributed by atoms with Crippen molar-refractivity contribution in [2.45, 2.75) is 12.3 Å². The van der Waals surface area contributed by atoms with Crippen LogP contribution in [-0.4, -0.2) is 5.16 Å². The molecule has 94 valence electrons. The molecule has 19 heavy (non-hydrogen) atoms. The molecule has 2 N–H and O–H groups in total. The molecule has 0 spiro atoms. The minimum atomic E-state index is 0.314. The largest absolute Gasteiger partial charge is 0.367 e. The predicted octanol–water partition coefficient (Wildman–Crippen LogP) is 3.67. The Bertz CT molecular complexity index is 730. The van der Waals surface area contributed by atoms with E-state index in [0.29, 0.717) is 11.8 Å². The second-order valence-corrected chi connectivity index (χ2v) is 5.69. The fourth-order valence-electron chi connectivity index (χ4n) is 2.72. The summed E-state index contributed by atoms with van der Waals surface area (Å²) in [6.07, 6.45) is 1.01. The molecule has 0 amide bonds. The van der Waals surface area contributed by atoms with Crippen LogP contribution in [0, 0.1) is 0 Å². The molecule has 1 aliphatic carbocycles. The van der Waals surface area contributed by atoms with Crippen LogP contribution in [0.25, 0.3) is 10.4 Å². The number of nitrogen functional groups attached to an aromatic ring is 1. The molecule has 4 heteroatoms. The summed E-state index contributed by atoms with van der Waals surface area (Å²) >= 11 is 1.66. The van der Waals surface area contributed by atoms with E-state index >= 15 is 0 Å². The summed E-state index contributed by atoms with van der Waals surface area (Å²) in [5.41, 5.74) is 10.6. The molecule has 1 aliphatic rings. The molecular formula is C15H12N2OS. The topological polar surface area (TPSA) is 52.0 Å². The maximum atomic E-state index is 5.95. The van der Waals surface area contributed by atoms with E-state index in [1.807, 2.05) is 11.4 Å². The highest BCUT2D eigenvalue weighted by atomic mass is 32.1. The first kappa shape index (κ1) is 10.8. The van der Waals surface area contributed by atoms with Gasteiger partial charge in [0.1, 0.15) is 5.69 Å². The summed E-state index contributed by atoms with van der Waals surface area (Å²) in [4.78, 5) is 1.12. The van der Waals surface area contributed by atoms with Gasteiger partial charge in [-0.3, -0.25) is 0 Å². The number of hydrogen-bond acceptors (Lipinski definition) is 4. The highest BCUT2D eigenvalue weighted by Gasteiger charge is 2.33. The van der Waals surface area contributed by atoms with Gasteiger partial charge in [-0.05, 0) is 29.0 Å². The number of nitrogens with zero attached hydrogens (tertiary/aromatic N) is 1. The number of rotatable bonds is 2. The summed E-state index contributed by atoms with van der Waals surface area (Å²) in [5.74, 6) is 0.733. The minimum absolute atomic E-state index is 0.314. The normalized spacial score (nSPS) is 16.9. The standard InChI is InChI=1S/C15H12N2OS/c16-15-13(12-6-3-7-19-12)14(17-18-15)11-8-9-4-1-2-5-10(9)11/h1-7,11H,8,16H2. The molecule has 4 rings (SSSR count). The lowest BCUT2D eigenvalue weighted by Crippen LogP contribution is -2.18. The van der Waals surface area contributed by atoms with Gasteiger partial charge in [0, 0.05) is 10.8 Å². The number of hydrogen-bond donors (Lipinski definition) is 1. The van der Waals surface area contributed by atoms with E-state index in [0.717, 1.165) is 22.6 Å². The molecule has 2 aromatic heterocycles. The van der Waals surface area contributed by atoms with Crippen LogP contribution in [0.5, 0.6) is 0 Å². The Labute approximate surface area is 114 Å². The molecule has 2 heterocycles. The Morgan fingerprint density at radius 3 is 2.89 bits per heavy atom. The Morgan fingerprint density at radius 2 is 2.11 bits per heavy atom. The SMILES string of the molecule is Nc1onc(C2Cc3ccccc32)c1-c1cccs1. The second kappa shape index (κ2) is 3.96. The molecule has 0 radical (unpaired) electrons. The fourth-order valence-corrected chi connectivity index (χ4v) is 3.51. The summed E-state index contributed by atoms with van der Waals surface area (Å²) in [7, 11) is 0. The summed E-state index contributed by atoms with van der Waals surface area (Å²) in [5, 5.41) is 6.24. The summed E-state index contributed by atoms with van der Waals surface area (Å²) in [6.45, 7) is 0. The van der Waals surface area contributed by atoms with Crippen molar-refractivity contribution in [2.75, 3.05) is 5.73 Å². The Kier molecular flexibility index (Phi) is 2.26. The number of aromatic nitrogens is 1. The van der Waals surface area contributed by atoms with Crippen molar-refractivity contribution in [2.24, 2.45) is 0 Å². The average Bonchev–Trinajstić information content (AvgIpc) is 3.01. The van der Waals surface area contributed by atoms with Gasteiger partial charge >= 0.3 is 0 Å². The molecule has 0 aliphatic heterocycles. The van der Waals surface area contributed by atoms with Gasteiger partial charge < -0.3 is 10.3 Å². The second-order valence-electron chi connectivity index (χ2n) is 4.74. The third-order valence-corrected chi connectivity index (χ3v) is 4.58. The molecule has 0 bridgehead atoms. The maximum Gasteiger partial charge on any atom is 0.231 e. The van der Waals surface area contributed by atoms with Gasteiger partial charge in [-0.15, -0.1) is 11.3 Å². The maximum absolute atomic E-state index is 5.95. The van der Waals surface area contributed by atoms with Gasteiger partial charge in [0.25, 0.3) is 0 Å². The summed E-state index contributed by atoms with van der Waals surface area (Å²) in [6, 6.07) is 12.5. The number of nitrogens with two attached hydrogens (primary N) is 1. The molecule has 3 aromatic rings. The number of benzene rings is 1. The van der Waals surface area contributed by atoms with Crippen molar-refractivity contribution in [3.05, 3.63) is 58.6 Å². The third kappa shape index (κ3) is 1.53. The van der Waals surface area contributed by atoms with Crippen molar-refractivity contribution < 1.29 is 4.52 Å². The zero-order valence-corrected chi connectivity index (χ0v) is 11.0. The summed E-state index contributed by atoms with van der Waals surface area (Å²) < 4.78 is 5.23. The van der Waals surface area contributed by atoms with Crippen molar-refractivity contribution in [3.8, 4) is 10.4 Å². The molecule has 1 atom stereocenters. The van der Waals surface area contributed by atoms with Crippen molar-refractivity contribution >= 4 is 17.2 Å². The first-order chi connectivity index (χ1) is 9.34. The van der Waals surface area contributed by atoms with Gasteiger partial charge in [0.2, 0.25) is 5.88 Å². The Balaban J connectivity index is 1.83. The zero-order valence-electron chi connectivity index (χ0n) is 10.2. The van der Waals surface area contributed by atoms with Crippen LogP contribution in [0.3, 0.4) is 0 Å². The molecule has 3 nitrogen and oxygen atoms in total. The lowest BCUT2D eigenvalue weighted by atomic mass is 9.75. The lowest BCUT2D eigenvalue weighted by molar-refractivity contribution is 0.420. The number of thiophene rings is 1. The molecular weight excluding hydrogens is 256 g/mol. The molecule has 0 saturated heterocycles. The molecule has 1 unspecified atom stereocenters. The van der Waals surface area contributed by atoms with E-state index in [4.69, 9.17) is 10.3 Å². The Hall–Kier alpha value is -2.07. The molecule has 0 saturated carbocycles. The van der Waals surface area contributed by atoms with Gasteiger partial charge in [-0.25, -0.2) is 0 Å². The first-order valence-corrected chi connectivity index (χ1v) is 7.09. The lowest BCUT2D eigenvalue weighted by Gasteiger charge is -2.28. The van der Waals surface area contributed by atoms with Crippen LogP contribution in [0.2, 0.25) is 0 Å². The quantitative estimate of drug-likeness (QED) is 0.771. The van der Waals surface area contributed by atoms with E-state index in [1.165, 1.54) is 11.1 Å². The highest BCUT2D eigenvalue weighted by Crippen LogP contribution is 2.45. The van der Waals surface area contributed by atoms with E-state index in [1.54, 1.807) is 11.3 Å².